The van der Waals surface area contributed by atoms with E-state index < -0.39 is 39.2 Å². The first-order chi connectivity index (χ1) is 17.6. The largest absolute Gasteiger partial charge is 0.444 e. The van der Waals surface area contributed by atoms with Crippen molar-refractivity contribution in [2.75, 3.05) is 5.32 Å². The smallest absolute Gasteiger partial charge is 0.408 e. The van der Waals surface area contributed by atoms with Crippen LogP contribution in [-0.4, -0.2) is 31.6 Å². The molecule has 0 aliphatic heterocycles. The van der Waals surface area contributed by atoms with Gasteiger partial charge in [0.15, 0.2) is 0 Å². The number of carbonyl (C=O) groups is 2. The summed E-state index contributed by atoms with van der Waals surface area (Å²) in [5.74, 6) is -0.452. The molecule has 0 radical (unpaired) electrons. The van der Waals surface area contributed by atoms with E-state index in [9.17, 15) is 18.0 Å². The number of hydrogen-bond donors (Lipinski definition) is 3. The number of nitrogens with one attached hydrogen (secondary N) is 3. The van der Waals surface area contributed by atoms with E-state index in [0.717, 1.165) is 0 Å². The van der Waals surface area contributed by atoms with Gasteiger partial charge in [-0.1, -0.05) is 60.7 Å². The van der Waals surface area contributed by atoms with Gasteiger partial charge in [0.25, 0.3) is 5.91 Å². The monoisotopic (exact) mass is 537 g/mol. The second kappa shape index (κ2) is 11.4. The van der Waals surface area contributed by atoms with E-state index in [-0.39, 0.29) is 4.90 Å². The molecule has 1 atom stereocenters. The number of rotatable bonds is 7. The highest BCUT2D eigenvalue weighted by molar-refractivity contribution is 7.89. The summed E-state index contributed by atoms with van der Waals surface area (Å²) in [5.41, 5.74) is 0.934. The molecule has 0 spiro atoms. The second-order valence-electron chi connectivity index (χ2n) is 10.9. The van der Waals surface area contributed by atoms with Gasteiger partial charge in [-0.2, -0.15) is 0 Å². The van der Waals surface area contributed by atoms with E-state index in [1.807, 2.05) is 6.07 Å². The molecular formula is C29H35N3O5S. The lowest BCUT2D eigenvalue weighted by Gasteiger charge is -2.23. The highest BCUT2D eigenvalue weighted by Gasteiger charge is 2.27. The maximum Gasteiger partial charge on any atom is 0.408 e. The Morgan fingerprint density at radius 3 is 1.95 bits per heavy atom. The molecule has 0 aromatic heterocycles. The van der Waals surface area contributed by atoms with Crippen molar-refractivity contribution in [3.05, 3.63) is 84.4 Å². The van der Waals surface area contributed by atoms with Crippen LogP contribution in [0.3, 0.4) is 0 Å². The molecule has 0 heterocycles. The number of carbonyl (C=O) groups excluding carboxylic acids is 2. The number of benzene rings is 3. The van der Waals surface area contributed by atoms with Gasteiger partial charge in [0.05, 0.1) is 4.90 Å². The third kappa shape index (κ3) is 8.16. The molecule has 38 heavy (non-hydrogen) atoms. The average molecular weight is 538 g/mol. The summed E-state index contributed by atoms with van der Waals surface area (Å²) in [5, 5.41) is 5.47. The van der Waals surface area contributed by atoms with Crippen molar-refractivity contribution in [3.63, 3.8) is 0 Å². The summed E-state index contributed by atoms with van der Waals surface area (Å²) in [7, 11) is -3.76. The highest BCUT2D eigenvalue weighted by atomic mass is 32.2. The van der Waals surface area contributed by atoms with Gasteiger partial charge in [-0.3, -0.25) is 4.79 Å². The predicted octanol–water partition coefficient (Wildman–Crippen LogP) is 5.63. The number of amides is 2. The minimum atomic E-state index is -3.76. The van der Waals surface area contributed by atoms with Crippen LogP contribution in [0.2, 0.25) is 0 Å². The van der Waals surface area contributed by atoms with E-state index in [0.29, 0.717) is 22.4 Å². The van der Waals surface area contributed by atoms with Crippen molar-refractivity contribution in [1.82, 2.24) is 10.0 Å². The summed E-state index contributed by atoms with van der Waals surface area (Å²) in [6, 6.07) is 21.5. The highest BCUT2D eigenvalue weighted by Crippen LogP contribution is 2.29. The molecule has 3 rings (SSSR count). The van der Waals surface area contributed by atoms with Gasteiger partial charge in [0, 0.05) is 16.8 Å². The van der Waals surface area contributed by atoms with Gasteiger partial charge in [-0.05, 0) is 70.9 Å². The van der Waals surface area contributed by atoms with Crippen LogP contribution >= 0.6 is 0 Å². The number of hydrogen-bond acceptors (Lipinski definition) is 5. The molecule has 3 aromatic carbocycles. The molecule has 3 N–H and O–H groups in total. The van der Waals surface area contributed by atoms with Crippen molar-refractivity contribution in [2.24, 2.45) is 0 Å². The van der Waals surface area contributed by atoms with E-state index >= 15 is 0 Å². The Bertz CT molecular complexity index is 1370. The number of anilines is 1. The van der Waals surface area contributed by atoms with Crippen LogP contribution in [0.5, 0.6) is 0 Å². The van der Waals surface area contributed by atoms with Crippen molar-refractivity contribution in [1.29, 1.82) is 0 Å². The Morgan fingerprint density at radius 2 is 1.37 bits per heavy atom. The number of alkyl carbamates (subject to hydrolysis) is 1. The van der Waals surface area contributed by atoms with Crippen molar-refractivity contribution in [3.8, 4) is 11.1 Å². The summed E-state index contributed by atoms with van der Waals surface area (Å²) in [6.45, 7) is 10.6. The van der Waals surface area contributed by atoms with E-state index in [2.05, 4.69) is 15.4 Å². The summed E-state index contributed by atoms with van der Waals surface area (Å²) >= 11 is 0. The summed E-state index contributed by atoms with van der Waals surface area (Å²) in [4.78, 5) is 25.8. The van der Waals surface area contributed by atoms with Gasteiger partial charge in [0.1, 0.15) is 11.6 Å². The van der Waals surface area contributed by atoms with Crippen LogP contribution in [-0.2, 0) is 19.6 Å². The Balaban J connectivity index is 1.84. The summed E-state index contributed by atoms with van der Waals surface area (Å²) < 4.78 is 34.1. The van der Waals surface area contributed by atoms with Crippen LogP contribution in [0, 0.1) is 0 Å². The Kier molecular flexibility index (Phi) is 8.64. The maximum atomic E-state index is 13.2. The molecule has 0 saturated carbocycles. The van der Waals surface area contributed by atoms with Crippen molar-refractivity contribution in [2.45, 2.75) is 63.6 Å². The maximum absolute atomic E-state index is 13.2. The molecule has 0 aliphatic carbocycles. The molecule has 0 fully saturated rings. The molecule has 202 valence electrons. The molecule has 9 heteroatoms. The molecule has 2 amide bonds. The lowest BCUT2D eigenvalue weighted by Crippen LogP contribution is -2.40. The first-order valence-corrected chi connectivity index (χ1v) is 13.7. The molecule has 0 saturated heterocycles. The Morgan fingerprint density at radius 1 is 0.789 bits per heavy atom. The fraction of sp³-hybridized carbons (Fsp3) is 0.310. The standard InChI is InChI=1S/C29H35N3O5S/c1-28(2,3)32-38(35,36)24-15-11-10-14-23(24)20-16-18-22(19-17-20)30-26(33)25(21-12-8-7-9-13-21)31-27(34)37-29(4,5)6/h7-19,25,32H,1-6H3,(H,30,33)(H,31,34)/t25-/m1/s1. The van der Waals surface area contributed by atoms with Gasteiger partial charge in [-0.15, -0.1) is 0 Å². The molecule has 0 aliphatic rings. The Hall–Kier alpha value is -3.69. The minimum Gasteiger partial charge on any atom is -0.444 e. The SMILES string of the molecule is CC(C)(C)NS(=O)(=O)c1ccccc1-c1ccc(NC(=O)[C@H](NC(=O)OC(C)(C)C)c2ccccc2)cc1. The Labute approximate surface area is 224 Å². The van der Waals surface area contributed by atoms with Crippen molar-refractivity contribution < 1.29 is 22.7 Å². The van der Waals surface area contributed by atoms with Crippen LogP contribution in [0.1, 0.15) is 53.1 Å². The van der Waals surface area contributed by atoms with Gasteiger partial charge in [0.2, 0.25) is 10.0 Å². The zero-order valence-corrected chi connectivity index (χ0v) is 23.3. The lowest BCUT2D eigenvalue weighted by molar-refractivity contribution is -0.118. The topological polar surface area (TPSA) is 114 Å². The molecule has 3 aromatic rings. The normalized spacial score (nSPS) is 12.9. The average Bonchev–Trinajstić information content (AvgIpc) is 2.81. The third-order valence-corrected chi connectivity index (χ3v) is 6.95. The summed E-state index contributed by atoms with van der Waals surface area (Å²) in [6.07, 6.45) is -0.710. The predicted molar refractivity (Wildman–Crippen MR) is 149 cm³/mol. The fourth-order valence-corrected chi connectivity index (χ4v) is 5.37. The first-order valence-electron chi connectivity index (χ1n) is 12.2. The quantitative estimate of drug-likeness (QED) is 0.361. The molecule has 8 nitrogen and oxygen atoms in total. The van der Waals surface area contributed by atoms with Crippen LogP contribution < -0.4 is 15.4 Å². The van der Waals surface area contributed by atoms with Crippen LogP contribution in [0.25, 0.3) is 11.1 Å². The third-order valence-electron chi connectivity index (χ3n) is 5.14. The van der Waals surface area contributed by atoms with Crippen molar-refractivity contribution >= 4 is 27.7 Å². The van der Waals surface area contributed by atoms with E-state index in [1.165, 1.54) is 0 Å². The number of sulfonamides is 1. The van der Waals surface area contributed by atoms with Gasteiger partial charge in [-0.25, -0.2) is 17.9 Å². The van der Waals surface area contributed by atoms with E-state index in [4.69, 9.17) is 4.74 Å². The molecular weight excluding hydrogens is 502 g/mol. The van der Waals surface area contributed by atoms with Gasteiger partial charge < -0.3 is 15.4 Å². The fourth-order valence-electron chi connectivity index (χ4n) is 3.72. The molecule has 0 unspecified atom stereocenters. The first kappa shape index (κ1) is 28.9. The minimum absolute atomic E-state index is 0.164. The van der Waals surface area contributed by atoms with E-state index in [1.54, 1.807) is 114 Å². The van der Waals surface area contributed by atoms with Crippen LogP contribution in [0.4, 0.5) is 10.5 Å². The zero-order chi connectivity index (χ0) is 28.1. The molecule has 0 bridgehead atoms. The lowest BCUT2D eigenvalue weighted by atomic mass is 10.0. The van der Waals surface area contributed by atoms with Gasteiger partial charge >= 0.3 is 6.09 Å². The van der Waals surface area contributed by atoms with Crippen LogP contribution in [0.15, 0.2) is 83.8 Å². The zero-order valence-electron chi connectivity index (χ0n) is 22.5. The second-order valence-corrected chi connectivity index (χ2v) is 12.6. The number of ether oxygens (including phenoxy) is 1.